The van der Waals surface area contributed by atoms with Crippen molar-refractivity contribution in [1.82, 2.24) is 10.3 Å². The summed E-state index contributed by atoms with van der Waals surface area (Å²) in [6, 6.07) is 0.0903. The van der Waals surface area contributed by atoms with Crippen molar-refractivity contribution in [3.8, 4) is 0 Å². The van der Waals surface area contributed by atoms with Gasteiger partial charge in [-0.25, -0.2) is 9.98 Å². The van der Waals surface area contributed by atoms with Crippen molar-refractivity contribution in [2.24, 2.45) is 9.98 Å². The smallest absolute Gasteiger partial charge is 0.139 e. The van der Waals surface area contributed by atoms with E-state index in [1.807, 2.05) is 41.5 Å². The number of aryl methyl sites for hydroxylation is 4. The van der Waals surface area contributed by atoms with E-state index in [1.165, 1.54) is 0 Å². The summed E-state index contributed by atoms with van der Waals surface area (Å²) in [5.41, 5.74) is 3.86. The molecule has 2 aromatic heterocycles. The van der Waals surface area contributed by atoms with Crippen LogP contribution in [-0.2, 0) is 0 Å². The van der Waals surface area contributed by atoms with E-state index in [9.17, 15) is 0 Å². The van der Waals surface area contributed by atoms with Gasteiger partial charge in [0.1, 0.15) is 11.5 Å². The second-order valence-corrected chi connectivity index (χ2v) is 6.13. The van der Waals surface area contributed by atoms with Gasteiger partial charge in [0.25, 0.3) is 0 Å². The highest BCUT2D eigenvalue weighted by molar-refractivity contribution is 7.78. The fourth-order valence-corrected chi connectivity index (χ4v) is 3.03. The third-order valence-corrected chi connectivity index (χ3v) is 4.24. The van der Waals surface area contributed by atoms with Gasteiger partial charge in [-0.3, -0.25) is 0 Å². The third-order valence-electron chi connectivity index (χ3n) is 4.03. The number of aromatic nitrogens is 2. The van der Waals surface area contributed by atoms with Crippen LogP contribution in [0.15, 0.2) is 19.0 Å². The molecule has 0 aliphatic rings. The molecule has 0 aliphatic carbocycles. The molecule has 0 spiro atoms. The summed E-state index contributed by atoms with van der Waals surface area (Å²) in [5.74, 6) is 1.64. The fraction of sp³-hybridized carbons (Fsp3) is 0.556. The summed E-state index contributed by atoms with van der Waals surface area (Å²) < 4.78 is 10.1. The van der Waals surface area contributed by atoms with Crippen molar-refractivity contribution >= 4 is 34.8 Å². The van der Waals surface area contributed by atoms with Crippen LogP contribution >= 0.6 is 24.4 Å². The average molecular weight is 393 g/mol. The molecule has 26 heavy (non-hydrogen) atoms. The predicted octanol–water partition coefficient (Wildman–Crippen LogP) is 5.69. The number of hydrogen-bond acceptors (Lipinski definition) is 8. The first-order valence-electron chi connectivity index (χ1n) is 8.40. The van der Waals surface area contributed by atoms with E-state index in [2.05, 4.69) is 55.1 Å². The molecule has 2 heterocycles. The van der Waals surface area contributed by atoms with Gasteiger partial charge >= 0.3 is 0 Å². The van der Waals surface area contributed by atoms with Crippen molar-refractivity contribution < 1.29 is 9.05 Å². The highest BCUT2D eigenvalue weighted by atomic mass is 32.1. The summed E-state index contributed by atoms with van der Waals surface area (Å²) in [7, 11) is 0. The molecule has 140 valence electrons. The molecule has 0 N–H and O–H groups in total. The Balaban J connectivity index is 0.000000260. The van der Waals surface area contributed by atoms with Gasteiger partial charge in [0.2, 0.25) is 0 Å². The Kier molecular flexibility index (Phi) is 9.24. The summed E-state index contributed by atoms with van der Waals surface area (Å²) in [5, 5.41) is 12.5. The first-order valence-corrected chi connectivity index (χ1v) is 9.22. The fourth-order valence-electron chi connectivity index (χ4n) is 2.78. The lowest BCUT2D eigenvalue weighted by Crippen LogP contribution is -1.96. The molecule has 0 fully saturated rings. The molecule has 0 bridgehead atoms. The summed E-state index contributed by atoms with van der Waals surface area (Å²) in [6.45, 7) is 11.7. The quantitative estimate of drug-likeness (QED) is 0.464. The minimum Gasteiger partial charge on any atom is -0.361 e. The topological polar surface area (TPSA) is 76.8 Å². The summed E-state index contributed by atoms with van der Waals surface area (Å²) in [6.07, 6.45) is 1.76. The van der Waals surface area contributed by atoms with Crippen LogP contribution in [0.4, 0.5) is 0 Å². The van der Waals surface area contributed by atoms with Gasteiger partial charge in [-0.05, 0) is 65.0 Å². The number of thiocarbonyl (C=S) groups is 2. The molecule has 0 saturated carbocycles. The lowest BCUT2D eigenvalue weighted by atomic mass is 10.0. The van der Waals surface area contributed by atoms with Gasteiger partial charge in [0.15, 0.2) is 0 Å². The Morgan fingerprint density at radius 2 is 1.15 bits per heavy atom. The maximum Gasteiger partial charge on any atom is 0.139 e. The molecule has 2 aromatic rings. The summed E-state index contributed by atoms with van der Waals surface area (Å²) >= 11 is 9.17. The van der Waals surface area contributed by atoms with Gasteiger partial charge < -0.3 is 9.05 Å². The first kappa shape index (κ1) is 22.1. The number of aliphatic imine (C=N–C) groups is 2. The van der Waals surface area contributed by atoms with Crippen LogP contribution in [0.1, 0.15) is 72.8 Å². The van der Waals surface area contributed by atoms with E-state index >= 15 is 0 Å². The largest absolute Gasteiger partial charge is 0.361 e. The zero-order valence-electron chi connectivity index (χ0n) is 16.0. The SMILES string of the molecule is CC[C@@H](N=C=S)c1c(C)noc1C.CC[C@H](N=C=S)c1c(C)noc1C. The minimum absolute atomic E-state index is 0.0451. The van der Waals surface area contributed by atoms with E-state index in [-0.39, 0.29) is 12.1 Å². The Morgan fingerprint density at radius 3 is 1.35 bits per heavy atom. The van der Waals surface area contributed by atoms with E-state index in [1.54, 1.807) is 0 Å². The van der Waals surface area contributed by atoms with E-state index in [4.69, 9.17) is 9.05 Å². The number of hydrogen-bond donors (Lipinski definition) is 0. The lowest BCUT2D eigenvalue weighted by molar-refractivity contribution is 0.391. The van der Waals surface area contributed by atoms with Crippen molar-refractivity contribution in [2.45, 2.75) is 66.5 Å². The highest BCUT2D eigenvalue weighted by Gasteiger charge is 2.18. The maximum atomic E-state index is 5.05. The Morgan fingerprint density at radius 1 is 0.808 bits per heavy atom. The van der Waals surface area contributed by atoms with E-state index < -0.39 is 0 Å². The van der Waals surface area contributed by atoms with Gasteiger partial charge in [-0.1, -0.05) is 24.2 Å². The number of nitrogens with zero attached hydrogens (tertiary/aromatic N) is 4. The normalized spacial score (nSPS) is 12.2. The van der Waals surface area contributed by atoms with Gasteiger partial charge in [0.05, 0.1) is 33.8 Å². The van der Waals surface area contributed by atoms with E-state index in [0.717, 1.165) is 46.9 Å². The van der Waals surface area contributed by atoms with Crippen LogP contribution in [0.3, 0.4) is 0 Å². The van der Waals surface area contributed by atoms with Gasteiger partial charge in [-0.2, -0.15) is 0 Å². The van der Waals surface area contributed by atoms with E-state index in [0.29, 0.717) is 0 Å². The average Bonchev–Trinajstić information content (AvgIpc) is 3.13. The van der Waals surface area contributed by atoms with Crippen molar-refractivity contribution in [3.05, 3.63) is 34.0 Å². The molecule has 0 saturated heterocycles. The van der Waals surface area contributed by atoms with Gasteiger partial charge in [0, 0.05) is 11.1 Å². The van der Waals surface area contributed by atoms with Crippen molar-refractivity contribution in [3.63, 3.8) is 0 Å². The minimum atomic E-state index is 0.0451. The molecular formula is C18H24N4O2S2. The van der Waals surface area contributed by atoms with Crippen molar-refractivity contribution in [1.29, 1.82) is 0 Å². The first-order chi connectivity index (χ1) is 12.4. The second-order valence-electron chi connectivity index (χ2n) is 5.76. The summed E-state index contributed by atoms with van der Waals surface area (Å²) in [4.78, 5) is 8.14. The number of rotatable bonds is 6. The van der Waals surface area contributed by atoms with Crippen LogP contribution < -0.4 is 0 Å². The molecule has 0 aromatic carbocycles. The second kappa shape index (κ2) is 10.9. The molecule has 2 atom stereocenters. The van der Waals surface area contributed by atoms with Crippen LogP contribution in [0.2, 0.25) is 0 Å². The van der Waals surface area contributed by atoms with Crippen LogP contribution in [-0.4, -0.2) is 20.6 Å². The lowest BCUT2D eigenvalue weighted by Gasteiger charge is -2.06. The maximum absolute atomic E-state index is 5.05. The molecule has 8 heteroatoms. The van der Waals surface area contributed by atoms with Crippen molar-refractivity contribution in [2.75, 3.05) is 0 Å². The monoisotopic (exact) mass is 392 g/mol. The Bertz CT molecular complexity index is 708. The molecule has 0 amide bonds. The van der Waals surface area contributed by atoms with Crippen LogP contribution in [0, 0.1) is 27.7 Å². The highest BCUT2D eigenvalue weighted by Crippen LogP contribution is 2.27. The zero-order chi connectivity index (χ0) is 19.7. The molecule has 0 unspecified atom stereocenters. The molecule has 0 aliphatic heterocycles. The van der Waals surface area contributed by atoms with Gasteiger partial charge in [-0.15, -0.1) is 0 Å². The molecular weight excluding hydrogens is 368 g/mol. The Labute approximate surface area is 164 Å². The zero-order valence-corrected chi connectivity index (χ0v) is 17.6. The number of isothiocyanates is 2. The van der Waals surface area contributed by atoms with Crippen LogP contribution in [0.5, 0.6) is 0 Å². The standard InChI is InChI=1S/2C9H12N2OS/c2*1-4-8(10-5-13)9-6(2)11-12-7(9)3/h2*8H,4H2,1-3H3/t2*8-/m10/s1. The molecule has 0 radical (unpaired) electrons. The molecule has 6 nitrogen and oxygen atoms in total. The third kappa shape index (κ3) is 5.51. The van der Waals surface area contributed by atoms with Crippen LogP contribution in [0.25, 0.3) is 0 Å². The predicted molar refractivity (Wildman–Crippen MR) is 108 cm³/mol. The molecule has 2 rings (SSSR count). The Hall–Kier alpha value is -1.98.